The Bertz CT molecular complexity index is 601. The summed E-state index contributed by atoms with van der Waals surface area (Å²) in [6.45, 7) is 0.789. The Labute approximate surface area is 135 Å². The average Bonchev–Trinajstić information content (AvgIpc) is 2.46. The van der Waals surface area contributed by atoms with Crippen LogP contribution >= 0.6 is 23.2 Å². The van der Waals surface area contributed by atoms with Crippen molar-refractivity contribution in [3.63, 3.8) is 0 Å². The van der Waals surface area contributed by atoms with Crippen LogP contribution in [0.25, 0.3) is 0 Å². The minimum atomic E-state index is -0.320. The van der Waals surface area contributed by atoms with Crippen molar-refractivity contribution >= 4 is 23.2 Å². The van der Waals surface area contributed by atoms with Gasteiger partial charge in [-0.15, -0.1) is 0 Å². The Balaban J connectivity index is 2.16. The van der Waals surface area contributed by atoms with Crippen molar-refractivity contribution < 1.29 is 4.39 Å². The molecule has 2 rings (SSSR count). The highest BCUT2D eigenvalue weighted by atomic mass is 35.5. The highest BCUT2D eigenvalue weighted by Crippen LogP contribution is 2.24. The molecule has 2 aromatic rings. The van der Waals surface area contributed by atoms with Gasteiger partial charge in [0.25, 0.3) is 0 Å². The summed E-state index contributed by atoms with van der Waals surface area (Å²) >= 11 is 12.1. The molecule has 0 fully saturated rings. The van der Waals surface area contributed by atoms with Crippen molar-refractivity contribution in [2.45, 2.75) is 12.8 Å². The maximum atomic E-state index is 14.0. The Kier molecular flexibility index (Phi) is 6.04. The predicted molar refractivity (Wildman–Crippen MR) is 87.7 cm³/mol. The number of benzene rings is 2. The molecule has 2 aromatic carbocycles. The molecule has 1 nitrogen and oxygen atoms in total. The normalized spacial score (nSPS) is 12.4. The van der Waals surface area contributed by atoms with Crippen molar-refractivity contribution in [1.82, 2.24) is 5.32 Å². The fourth-order valence-corrected chi connectivity index (χ4v) is 2.90. The fourth-order valence-electron chi connectivity index (χ4n) is 2.50. The quantitative estimate of drug-likeness (QED) is 0.807. The first-order valence-electron chi connectivity index (χ1n) is 6.92. The van der Waals surface area contributed by atoms with Gasteiger partial charge in [-0.2, -0.15) is 0 Å². The maximum Gasteiger partial charge on any atom is 0.144 e. The summed E-state index contributed by atoms with van der Waals surface area (Å²) in [4.78, 5) is 0. The molecule has 1 N–H and O–H groups in total. The molecule has 0 aromatic heterocycles. The Morgan fingerprint density at radius 3 is 2.29 bits per heavy atom. The second-order valence-corrected chi connectivity index (χ2v) is 5.95. The average molecular weight is 326 g/mol. The molecule has 0 saturated carbocycles. The molecule has 0 radical (unpaired) electrons. The van der Waals surface area contributed by atoms with E-state index in [1.54, 1.807) is 18.2 Å². The molecule has 0 saturated heterocycles. The third-order valence-corrected chi connectivity index (χ3v) is 4.16. The summed E-state index contributed by atoms with van der Waals surface area (Å²) in [6.07, 6.45) is 1.42. The lowest BCUT2D eigenvalue weighted by Gasteiger charge is -2.18. The SMILES string of the molecule is CNCC(Cc1ccccc1Cl)Cc1cccc(Cl)c1F. The van der Waals surface area contributed by atoms with Gasteiger partial charge in [0.15, 0.2) is 0 Å². The summed E-state index contributed by atoms with van der Waals surface area (Å²) in [5.41, 5.74) is 1.73. The second kappa shape index (κ2) is 7.79. The summed E-state index contributed by atoms with van der Waals surface area (Å²) in [6, 6.07) is 12.9. The van der Waals surface area contributed by atoms with Crippen LogP contribution in [0.5, 0.6) is 0 Å². The molecule has 4 heteroatoms. The predicted octanol–water partition coefficient (Wildman–Crippen LogP) is 4.75. The second-order valence-electron chi connectivity index (χ2n) is 5.14. The van der Waals surface area contributed by atoms with Crippen LogP contribution in [0, 0.1) is 11.7 Å². The lowest BCUT2D eigenvalue weighted by molar-refractivity contribution is 0.480. The van der Waals surface area contributed by atoms with Crippen molar-refractivity contribution in [3.8, 4) is 0 Å². The van der Waals surface area contributed by atoms with E-state index in [9.17, 15) is 4.39 Å². The van der Waals surface area contributed by atoms with E-state index in [4.69, 9.17) is 23.2 Å². The van der Waals surface area contributed by atoms with E-state index >= 15 is 0 Å². The molecule has 0 aliphatic carbocycles. The smallest absolute Gasteiger partial charge is 0.144 e. The van der Waals surface area contributed by atoms with Crippen molar-refractivity contribution in [1.29, 1.82) is 0 Å². The molecule has 0 aliphatic rings. The van der Waals surface area contributed by atoms with E-state index in [1.807, 2.05) is 31.3 Å². The van der Waals surface area contributed by atoms with E-state index in [-0.39, 0.29) is 16.8 Å². The molecule has 1 unspecified atom stereocenters. The molecular formula is C17H18Cl2FN. The molecule has 0 amide bonds. The van der Waals surface area contributed by atoms with Crippen molar-refractivity contribution in [3.05, 3.63) is 69.5 Å². The first-order valence-corrected chi connectivity index (χ1v) is 7.68. The van der Waals surface area contributed by atoms with Crippen LogP contribution in [-0.4, -0.2) is 13.6 Å². The number of nitrogens with one attached hydrogen (secondary N) is 1. The lowest BCUT2D eigenvalue weighted by Crippen LogP contribution is -2.23. The van der Waals surface area contributed by atoms with Crippen LogP contribution in [-0.2, 0) is 12.8 Å². The highest BCUT2D eigenvalue weighted by molar-refractivity contribution is 6.31. The molecule has 0 spiro atoms. The molecular weight excluding hydrogens is 308 g/mol. The minimum Gasteiger partial charge on any atom is -0.319 e. The van der Waals surface area contributed by atoms with Gasteiger partial charge in [-0.3, -0.25) is 0 Å². The van der Waals surface area contributed by atoms with Crippen LogP contribution in [0.4, 0.5) is 4.39 Å². The van der Waals surface area contributed by atoms with Crippen LogP contribution in [0.1, 0.15) is 11.1 Å². The van der Waals surface area contributed by atoms with E-state index in [1.165, 1.54) is 0 Å². The monoisotopic (exact) mass is 325 g/mol. The molecule has 0 heterocycles. The number of hydrogen-bond acceptors (Lipinski definition) is 1. The summed E-state index contributed by atoms with van der Waals surface area (Å²) in [7, 11) is 1.90. The van der Waals surface area contributed by atoms with Gasteiger partial charge < -0.3 is 5.32 Å². The number of halogens is 3. The van der Waals surface area contributed by atoms with Gasteiger partial charge in [0.1, 0.15) is 5.82 Å². The Morgan fingerprint density at radius 1 is 0.952 bits per heavy atom. The molecule has 1 atom stereocenters. The number of hydrogen-bond donors (Lipinski definition) is 1. The lowest BCUT2D eigenvalue weighted by atomic mass is 9.92. The molecule has 21 heavy (non-hydrogen) atoms. The van der Waals surface area contributed by atoms with E-state index in [0.29, 0.717) is 12.0 Å². The fraction of sp³-hybridized carbons (Fsp3) is 0.294. The molecule has 0 aliphatic heterocycles. The van der Waals surface area contributed by atoms with E-state index in [0.717, 1.165) is 23.6 Å². The van der Waals surface area contributed by atoms with Crippen LogP contribution in [0.15, 0.2) is 42.5 Å². The topological polar surface area (TPSA) is 12.0 Å². The summed E-state index contributed by atoms with van der Waals surface area (Å²) in [5, 5.41) is 4.09. The molecule has 0 bridgehead atoms. The maximum absolute atomic E-state index is 14.0. The van der Waals surface area contributed by atoms with Crippen LogP contribution < -0.4 is 5.32 Å². The zero-order valence-electron chi connectivity index (χ0n) is 11.9. The zero-order valence-corrected chi connectivity index (χ0v) is 13.4. The Hall–Kier alpha value is -1.09. The minimum absolute atomic E-state index is 0.174. The summed E-state index contributed by atoms with van der Waals surface area (Å²) < 4.78 is 14.0. The molecule has 112 valence electrons. The van der Waals surface area contributed by atoms with E-state index < -0.39 is 0 Å². The van der Waals surface area contributed by atoms with Crippen LogP contribution in [0.2, 0.25) is 10.0 Å². The van der Waals surface area contributed by atoms with Gasteiger partial charge in [-0.1, -0.05) is 53.5 Å². The largest absolute Gasteiger partial charge is 0.319 e. The zero-order chi connectivity index (χ0) is 15.2. The van der Waals surface area contributed by atoms with Crippen molar-refractivity contribution in [2.24, 2.45) is 5.92 Å². The van der Waals surface area contributed by atoms with Gasteiger partial charge in [0.2, 0.25) is 0 Å². The van der Waals surface area contributed by atoms with Gasteiger partial charge in [0.05, 0.1) is 5.02 Å². The first kappa shape index (κ1) is 16.3. The van der Waals surface area contributed by atoms with Gasteiger partial charge >= 0.3 is 0 Å². The third-order valence-electron chi connectivity index (χ3n) is 3.50. The van der Waals surface area contributed by atoms with Crippen molar-refractivity contribution in [2.75, 3.05) is 13.6 Å². The highest BCUT2D eigenvalue weighted by Gasteiger charge is 2.15. The third kappa shape index (κ3) is 4.44. The Morgan fingerprint density at radius 2 is 1.57 bits per heavy atom. The number of rotatable bonds is 6. The van der Waals surface area contributed by atoms with Crippen LogP contribution in [0.3, 0.4) is 0 Å². The van der Waals surface area contributed by atoms with E-state index in [2.05, 4.69) is 5.32 Å². The van der Waals surface area contributed by atoms with Gasteiger partial charge in [-0.25, -0.2) is 4.39 Å². The first-order chi connectivity index (χ1) is 10.1. The van der Waals surface area contributed by atoms with Gasteiger partial charge in [-0.05, 0) is 55.6 Å². The standard InChI is InChI=1S/C17H18Cl2FN/c1-21-11-12(9-13-5-2-3-7-15(13)18)10-14-6-4-8-16(19)17(14)20/h2-8,12,21H,9-11H2,1H3. The summed E-state index contributed by atoms with van der Waals surface area (Å²) in [5.74, 6) is -0.0673. The van der Waals surface area contributed by atoms with Gasteiger partial charge in [0, 0.05) is 5.02 Å².